The first-order valence-corrected chi connectivity index (χ1v) is 12.8. The number of Topliss-reactive ketones (excluding diaryl/α,β-unsaturated/α-hetero) is 2. The maximum atomic E-state index is 13.1. The molecular formula is C27H44O4. The van der Waals surface area contributed by atoms with Crippen molar-refractivity contribution in [1.29, 1.82) is 0 Å². The predicted octanol–water partition coefficient (Wildman–Crippen LogP) is 6.01. The summed E-state index contributed by atoms with van der Waals surface area (Å²) in [6, 6.07) is 0. The number of ketones is 2. The zero-order valence-electron chi connectivity index (χ0n) is 20.7. The number of fused-ring (bicyclic) bond motifs is 5. The highest BCUT2D eigenvalue weighted by Gasteiger charge is 2.62. The summed E-state index contributed by atoms with van der Waals surface area (Å²) < 4.78 is 4.85. The average Bonchev–Trinajstić information content (AvgIpc) is 3.12. The van der Waals surface area contributed by atoms with Gasteiger partial charge in [0.25, 0.3) is 0 Å². The van der Waals surface area contributed by atoms with Crippen molar-refractivity contribution in [3.63, 3.8) is 0 Å². The Morgan fingerprint density at radius 1 is 1.03 bits per heavy atom. The molecule has 176 valence electrons. The monoisotopic (exact) mass is 432 g/mol. The lowest BCUT2D eigenvalue weighted by Gasteiger charge is -2.59. The lowest BCUT2D eigenvalue weighted by atomic mass is 9.44. The fourth-order valence-electron chi connectivity index (χ4n) is 8.46. The zero-order chi connectivity index (χ0) is 23.0. The van der Waals surface area contributed by atoms with E-state index in [0.717, 1.165) is 12.8 Å². The maximum absolute atomic E-state index is 13.1. The molecule has 0 aliphatic heterocycles. The average molecular weight is 433 g/mol. The highest BCUT2D eigenvalue weighted by atomic mass is 16.5. The van der Waals surface area contributed by atoms with Gasteiger partial charge in [0.05, 0.1) is 7.11 Å². The third kappa shape index (κ3) is 4.13. The van der Waals surface area contributed by atoms with Gasteiger partial charge in [0.1, 0.15) is 11.6 Å². The van der Waals surface area contributed by atoms with Gasteiger partial charge in [-0.05, 0) is 78.9 Å². The fourth-order valence-corrected chi connectivity index (χ4v) is 8.46. The van der Waals surface area contributed by atoms with E-state index in [9.17, 15) is 14.4 Å². The number of carbonyl (C=O) groups excluding carboxylic acids is 3. The van der Waals surface area contributed by atoms with Gasteiger partial charge in [-0.3, -0.25) is 14.4 Å². The van der Waals surface area contributed by atoms with Gasteiger partial charge in [-0.2, -0.15) is 0 Å². The van der Waals surface area contributed by atoms with Gasteiger partial charge >= 0.3 is 5.97 Å². The Kier molecular flexibility index (Phi) is 7.38. The SMILES string of the molecule is CC.COC(=O)CCC(C)C1CCC2C3CC(=O)C4CC(=O)CCC4(C)C3CCC12C. The second-order valence-corrected chi connectivity index (χ2v) is 11.2. The van der Waals surface area contributed by atoms with Crippen molar-refractivity contribution in [3.8, 4) is 0 Å². The Balaban J connectivity index is 0.00000132. The lowest BCUT2D eigenvalue weighted by Crippen LogP contribution is -2.56. The van der Waals surface area contributed by atoms with Gasteiger partial charge in [0.15, 0.2) is 0 Å². The quantitative estimate of drug-likeness (QED) is 0.511. The number of hydrogen-bond acceptors (Lipinski definition) is 4. The van der Waals surface area contributed by atoms with Gasteiger partial charge < -0.3 is 4.74 Å². The van der Waals surface area contributed by atoms with E-state index in [4.69, 9.17) is 4.74 Å². The molecule has 4 rings (SSSR count). The van der Waals surface area contributed by atoms with E-state index in [1.807, 2.05) is 13.8 Å². The summed E-state index contributed by atoms with van der Waals surface area (Å²) in [5.74, 6) is 3.38. The van der Waals surface area contributed by atoms with E-state index in [1.54, 1.807) is 0 Å². The highest BCUT2D eigenvalue weighted by molar-refractivity contribution is 5.90. The van der Waals surface area contributed by atoms with Crippen LogP contribution in [0.2, 0.25) is 0 Å². The van der Waals surface area contributed by atoms with Crippen molar-refractivity contribution >= 4 is 17.5 Å². The van der Waals surface area contributed by atoms with Crippen LogP contribution in [-0.2, 0) is 19.1 Å². The molecule has 0 aromatic heterocycles. The summed E-state index contributed by atoms with van der Waals surface area (Å²) in [7, 11) is 1.47. The van der Waals surface area contributed by atoms with Crippen LogP contribution in [0.15, 0.2) is 0 Å². The van der Waals surface area contributed by atoms with E-state index in [1.165, 1.54) is 32.8 Å². The van der Waals surface area contributed by atoms with Gasteiger partial charge in [0, 0.05) is 31.6 Å². The molecule has 4 fully saturated rings. The number of carbonyl (C=O) groups is 3. The summed E-state index contributed by atoms with van der Waals surface area (Å²) in [6.07, 6.45) is 9.04. The van der Waals surface area contributed by atoms with Crippen molar-refractivity contribution in [2.24, 2.45) is 46.3 Å². The van der Waals surface area contributed by atoms with Crippen molar-refractivity contribution in [2.45, 2.75) is 98.8 Å². The van der Waals surface area contributed by atoms with E-state index >= 15 is 0 Å². The molecule has 0 saturated heterocycles. The predicted molar refractivity (Wildman–Crippen MR) is 122 cm³/mol. The first kappa shape index (κ1) is 24.5. The van der Waals surface area contributed by atoms with Crippen LogP contribution in [0.1, 0.15) is 98.8 Å². The molecule has 8 atom stereocenters. The van der Waals surface area contributed by atoms with Crippen molar-refractivity contribution in [3.05, 3.63) is 0 Å². The highest BCUT2D eigenvalue weighted by Crippen LogP contribution is 2.67. The van der Waals surface area contributed by atoms with Gasteiger partial charge in [-0.25, -0.2) is 0 Å². The van der Waals surface area contributed by atoms with Crippen LogP contribution in [0.5, 0.6) is 0 Å². The van der Waals surface area contributed by atoms with Crippen LogP contribution >= 0.6 is 0 Å². The van der Waals surface area contributed by atoms with Crippen LogP contribution in [-0.4, -0.2) is 24.6 Å². The smallest absolute Gasteiger partial charge is 0.305 e. The van der Waals surface area contributed by atoms with Gasteiger partial charge in [0.2, 0.25) is 0 Å². The standard InChI is InChI=1S/C25H38O4.C2H6/c1-15(5-8-23(28)29-4)18-6-7-19-17-14-22(27)21-13-16(26)9-11-25(21,3)20(17)10-12-24(18,19)2;1-2/h15,17-21H,5-14H2,1-4H3;1-2H3. The molecule has 0 bridgehead atoms. The van der Waals surface area contributed by atoms with Crippen LogP contribution in [0.3, 0.4) is 0 Å². The summed E-state index contributed by atoms with van der Waals surface area (Å²) in [5, 5.41) is 0. The number of ether oxygens (including phenoxy) is 1. The van der Waals surface area contributed by atoms with Crippen molar-refractivity contribution in [1.82, 2.24) is 0 Å². The fraction of sp³-hybridized carbons (Fsp3) is 0.889. The number of hydrogen-bond donors (Lipinski definition) is 0. The summed E-state index contributed by atoms with van der Waals surface area (Å²) in [4.78, 5) is 36.8. The first-order chi connectivity index (χ1) is 14.7. The van der Waals surface area contributed by atoms with E-state index in [2.05, 4.69) is 20.8 Å². The maximum Gasteiger partial charge on any atom is 0.305 e. The Morgan fingerprint density at radius 2 is 1.71 bits per heavy atom. The molecule has 4 saturated carbocycles. The topological polar surface area (TPSA) is 60.4 Å². The normalized spacial score (nSPS) is 42.5. The zero-order valence-corrected chi connectivity index (χ0v) is 20.7. The molecule has 0 aromatic carbocycles. The summed E-state index contributed by atoms with van der Waals surface area (Å²) >= 11 is 0. The minimum Gasteiger partial charge on any atom is -0.469 e. The second-order valence-electron chi connectivity index (χ2n) is 11.2. The number of methoxy groups -OCH3 is 1. The molecular weight excluding hydrogens is 388 g/mol. The lowest BCUT2D eigenvalue weighted by molar-refractivity contribution is -0.159. The van der Waals surface area contributed by atoms with Crippen molar-refractivity contribution in [2.75, 3.05) is 7.11 Å². The third-order valence-corrected chi connectivity index (χ3v) is 10.1. The Bertz CT molecular complexity index is 699. The molecule has 4 aliphatic carbocycles. The molecule has 8 unspecified atom stereocenters. The minimum absolute atomic E-state index is 0.0227. The first-order valence-electron chi connectivity index (χ1n) is 12.8. The van der Waals surface area contributed by atoms with Crippen LogP contribution < -0.4 is 0 Å². The molecule has 0 radical (unpaired) electrons. The third-order valence-electron chi connectivity index (χ3n) is 10.1. The molecule has 4 heteroatoms. The Labute approximate surface area is 189 Å². The van der Waals surface area contributed by atoms with Gasteiger partial charge in [-0.1, -0.05) is 34.6 Å². The molecule has 4 aliphatic rings. The number of rotatable bonds is 4. The Morgan fingerprint density at radius 3 is 2.39 bits per heavy atom. The molecule has 0 heterocycles. The van der Waals surface area contributed by atoms with Crippen molar-refractivity contribution < 1.29 is 19.1 Å². The summed E-state index contributed by atoms with van der Waals surface area (Å²) in [5.41, 5.74) is 0.314. The second kappa shape index (κ2) is 9.35. The molecule has 0 aromatic rings. The summed E-state index contributed by atoms with van der Waals surface area (Å²) in [6.45, 7) is 11.1. The largest absolute Gasteiger partial charge is 0.469 e. The molecule has 4 nitrogen and oxygen atoms in total. The van der Waals surface area contributed by atoms with Crippen LogP contribution in [0.25, 0.3) is 0 Å². The van der Waals surface area contributed by atoms with E-state index < -0.39 is 0 Å². The van der Waals surface area contributed by atoms with Crippen LogP contribution in [0.4, 0.5) is 0 Å². The van der Waals surface area contributed by atoms with Gasteiger partial charge in [-0.15, -0.1) is 0 Å². The van der Waals surface area contributed by atoms with Crippen LogP contribution in [0, 0.1) is 46.3 Å². The number of esters is 1. The van der Waals surface area contributed by atoms with E-state index in [-0.39, 0.29) is 22.7 Å². The molecule has 31 heavy (non-hydrogen) atoms. The molecule has 0 spiro atoms. The minimum atomic E-state index is -0.107. The molecule has 0 N–H and O–H groups in total. The molecule has 0 amide bonds. The Hall–Kier alpha value is -1.19. The van der Waals surface area contributed by atoms with E-state index in [0.29, 0.717) is 66.8 Å².